The summed E-state index contributed by atoms with van der Waals surface area (Å²) >= 11 is 3.24. The van der Waals surface area contributed by atoms with Gasteiger partial charge in [0.1, 0.15) is 0 Å². The van der Waals surface area contributed by atoms with Gasteiger partial charge in [0.2, 0.25) is 0 Å². The molecule has 1 aromatic carbocycles. The van der Waals surface area contributed by atoms with E-state index in [-0.39, 0.29) is 16.8 Å². The fourth-order valence-corrected chi connectivity index (χ4v) is 4.07. The Labute approximate surface area is 131 Å². The zero-order valence-electron chi connectivity index (χ0n) is 11.2. The molecule has 20 heavy (non-hydrogen) atoms. The molecule has 4 nitrogen and oxygen atoms in total. The van der Waals surface area contributed by atoms with Crippen molar-refractivity contribution in [2.75, 3.05) is 6.54 Å². The van der Waals surface area contributed by atoms with Crippen LogP contribution in [0.1, 0.15) is 35.7 Å². The zero-order chi connectivity index (χ0) is 15.1. The average molecular weight is 381 g/mol. The summed E-state index contributed by atoms with van der Waals surface area (Å²) in [6.07, 6.45) is 2.01. The monoisotopic (exact) mass is 379 g/mol. The van der Waals surface area contributed by atoms with Crippen molar-refractivity contribution in [2.45, 2.75) is 37.6 Å². The minimum Gasteiger partial charge on any atom is -0.336 e. The van der Waals surface area contributed by atoms with Gasteiger partial charge in [0, 0.05) is 33.3 Å². The van der Waals surface area contributed by atoms with E-state index in [9.17, 15) is 13.2 Å². The van der Waals surface area contributed by atoms with E-state index in [4.69, 9.17) is 10.7 Å². The Morgan fingerprint density at radius 1 is 1.45 bits per heavy atom. The van der Waals surface area contributed by atoms with Gasteiger partial charge in [0.05, 0.1) is 4.90 Å². The maximum absolute atomic E-state index is 12.6. The maximum atomic E-state index is 12.6. The standard InChI is InChI=1S/C13H15BrClNO3S/c1-3-16(10-4-5-10)13(17)11-6-9(14)7-12(8(11)2)20(15,18)19/h6-7,10H,3-5H2,1-2H3. The van der Waals surface area contributed by atoms with E-state index in [0.717, 1.165) is 12.8 Å². The third-order valence-corrected chi connectivity index (χ3v) is 5.31. The van der Waals surface area contributed by atoms with Crippen LogP contribution < -0.4 is 0 Å². The van der Waals surface area contributed by atoms with Crippen LogP contribution in [0.25, 0.3) is 0 Å². The summed E-state index contributed by atoms with van der Waals surface area (Å²) in [6, 6.07) is 3.35. The third kappa shape index (κ3) is 3.18. The van der Waals surface area contributed by atoms with E-state index >= 15 is 0 Å². The molecule has 0 atom stereocenters. The summed E-state index contributed by atoms with van der Waals surface area (Å²) in [4.78, 5) is 14.3. The van der Waals surface area contributed by atoms with Crippen molar-refractivity contribution < 1.29 is 13.2 Å². The van der Waals surface area contributed by atoms with Gasteiger partial charge in [-0.3, -0.25) is 4.79 Å². The molecule has 1 aliphatic carbocycles. The van der Waals surface area contributed by atoms with Crippen molar-refractivity contribution >= 4 is 41.6 Å². The molecular formula is C13H15BrClNO3S. The molecule has 0 aliphatic heterocycles. The molecule has 0 N–H and O–H groups in total. The Morgan fingerprint density at radius 3 is 2.50 bits per heavy atom. The number of rotatable bonds is 4. The number of amides is 1. The molecule has 0 heterocycles. The molecule has 0 aromatic heterocycles. The first kappa shape index (κ1) is 15.8. The topological polar surface area (TPSA) is 54.5 Å². The van der Waals surface area contributed by atoms with Gasteiger partial charge in [-0.05, 0) is 44.4 Å². The molecule has 0 spiro atoms. The predicted molar refractivity (Wildman–Crippen MR) is 81.7 cm³/mol. The Kier molecular flexibility index (Phi) is 4.47. The van der Waals surface area contributed by atoms with E-state index < -0.39 is 9.05 Å². The predicted octanol–water partition coefficient (Wildman–Crippen LogP) is 3.31. The minimum absolute atomic E-state index is 0.0243. The van der Waals surface area contributed by atoms with Crippen molar-refractivity contribution in [3.8, 4) is 0 Å². The van der Waals surface area contributed by atoms with E-state index in [1.807, 2.05) is 6.92 Å². The SMILES string of the molecule is CCN(C(=O)c1cc(Br)cc(S(=O)(=O)Cl)c1C)C1CC1. The number of halogens is 2. The number of benzene rings is 1. The van der Waals surface area contributed by atoms with E-state index in [0.29, 0.717) is 22.1 Å². The average Bonchev–Trinajstić information content (AvgIpc) is 3.15. The lowest BCUT2D eigenvalue weighted by molar-refractivity contribution is 0.0751. The van der Waals surface area contributed by atoms with Crippen molar-refractivity contribution in [1.82, 2.24) is 4.90 Å². The second kappa shape index (κ2) is 5.66. The summed E-state index contributed by atoms with van der Waals surface area (Å²) in [6.45, 7) is 4.14. The van der Waals surface area contributed by atoms with E-state index in [2.05, 4.69) is 15.9 Å². The summed E-state index contributed by atoms with van der Waals surface area (Å²) in [5, 5.41) is 0. The van der Waals surface area contributed by atoms with Crippen LogP contribution in [0.4, 0.5) is 0 Å². The van der Waals surface area contributed by atoms with Crippen molar-refractivity contribution in [1.29, 1.82) is 0 Å². The number of carbonyl (C=O) groups excluding carboxylic acids is 1. The summed E-state index contributed by atoms with van der Waals surface area (Å²) < 4.78 is 23.7. The highest BCUT2D eigenvalue weighted by Gasteiger charge is 2.33. The quantitative estimate of drug-likeness (QED) is 0.753. The summed E-state index contributed by atoms with van der Waals surface area (Å²) in [7, 11) is 1.55. The van der Waals surface area contributed by atoms with Gasteiger partial charge in [-0.25, -0.2) is 8.42 Å². The van der Waals surface area contributed by atoms with Crippen molar-refractivity contribution in [3.05, 3.63) is 27.7 Å². The molecule has 1 aromatic rings. The fourth-order valence-electron chi connectivity index (χ4n) is 2.24. The summed E-state index contributed by atoms with van der Waals surface area (Å²) in [5.74, 6) is -0.143. The number of carbonyl (C=O) groups is 1. The molecule has 0 bridgehead atoms. The molecule has 0 saturated heterocycles. The molecular weight excluding hydrogens is 366 g/mol. The maximum Gasteiger partial charge on any atom is 0.261 e. The number of hydrogen-bond acceptors (Lipinski definition) is 3. The van der Waals surface area contributed by atoms with Gasteiger partial charge < -0.3 is 4.90 Å². The van der Waals surface area contributed by atoms with Crippen LogP contribution in [-0.4, -0.2) is 31.8 Å². The molecule has 1 fully saturated rings. The highest BCUT2D eigenvalue weighted by molar-refractivity contribution is 9.10. The minimum atomic E-state index is -3.88. The number of hydrogen-bond donors (Lipinski definition) is 0. The molecule has 1 aliphatic rings. The molecule has 0 unspecified atom stereocenters. The Bertz CT molecular complexity index is 656. The first-order valence-corrected chi connectivity index (χ1v) is 9.41. The second-order valence-corrected chi connectivity index (χ2v) is 8.29. The summed E-state index contributed by atoms with van der Waals surface area (Å²) in [5.41, 5.74) is 0.777. The zero-order valence-corrected chi connectivity index (χ0v) is 14.3. The Morgan fingerprint density at radius 2 is 2.05 bits per heavy atom. The molecule has 7 heteroatoms. The van der Waals surface area contributed by atoms with Crippen molar-refractivity contribution in [2.24, 2.45) is 0 Å². The number of nitrogens with zero attached hydrogens (tertiary/aromatic N) is 1. The highest BCUT2D eigenvalue weighted by Crippen LogP contribution is 2.32. The third-order valence-electron chi connectivity index (χ3n) is 3.41. The molecule has 2 rings (SSSR count). The lowest BCUT2D eigenvalue weighted by Gasteiger charge is -2.22. The lowest BCUT2D eigenvalue weighted by Crippen LogP contribution is -2.33. The Hall–Kier alpha value is -0.590. The molecule has 1 amide bonds. The molecule has 110 valence electrons. The molecule has 0 radical (unpaired) electrons. The fraction of sp³-hybridized carbons (Fsp3) is 0.462. The Balaban J connectivity index is 2.51. The van der Waals surface area contributed by atoms with Crippen LogP contribution in [0.15, 0.2) is 21.5 Å². The van der Waals surface area contributed by atoms with Crippen LogP contribution in [0.2, 0.25) is 0 Å². The molecule has 1 saturated carbocycles. The smallest absolute Gasteiger partial charge is 0.261 e. The van der Waals surface area contributed by atoms with Gasteiger partial charge in [-0.15, -0.1) is 0 Å². The highest BCUT2D eigenvalue weighted by atomic mass is 79.9. The van der Waals surface area contributed by atoms with Gasteiger partial charge in [-0.2, -0.15) is 0 Å². The van der Waals surface area contributed by atoms with Crippen LogP contribution >= 0.6 is 26.6 Å². The second-order valence-electron chi connectivity index (χ2n) is 4.84. The van der Waals surface area contributed by atoms with Crippen LogP contribution in [-0.2, 0) is 9.05 Å². The van der Waals surface area contributed by atoms with Gasteiger partial charge in [0.25, 0.3) is 15.0 Å². The van der Waals surface area contributed by atoms with E-state index in [1.165, 1.54) is 6.07 Å². The van der Waals surface area contributed by atoms with Gasteiger partial charge in [-0.1, -0.05) is 15.9 Å². The first-order valence-electron chi connectivity index (χ1n) is 6.31. The first-order chi connectivity index (χ1) is 9.25. The van der Waals surface area contributed by atoms with Crippen LogP contribution in [0.5, 0.6) is 0 Å². The van der Waals surface area contributed by atoms with Crippen LogP contribution in [0, 0.1) is 6.92 Å². The normalized spacial score (nSPS) is 15.2. The van der Waals surface area contributed by atoms with Crippen molar-refractivity contribution in [3.63, 3.8) is 0 Å². The van der Waals surface area contributed by atoms with Crippen LogP contribution in [0.3, 0.4) is 0 Å². The lowest BCUT2D eigenvalue weighted by atomic mass is 10.1. The van der Waals surface area contributed by atoms with Gasteiger partial charge >= 0.3 is 0 Å². The largest absolute Gasteiger partial charge is 0.336 e. The van der Waals surface area contributed by atoms with E-state index in [1.54, 1.807) is 17.9 Å². The van der Waals surface area contributed by atoms with Gasteiger partial charge in [0.15, 0.2) is 0 Å².